The topological polar surface area (TPSA) is 28.7 Å². The average Bonchev–Trinajstić information content (AvgIpc) is 2.80. The first kappa shape index (κ1) is 11.8. The third-order valence-corrected chi connectivity index (χ3v) is 3.87. The number of aromatic nitrogens is 2. The molecule has 1 unspecified atom stereocenters. The molecular weight excluding hydrogens is 216 g/mol. The van der Waals surface area contributed by atoms with Gasteiger partial charge in [-0.05, 0) is 31.2 Å². The molecule has 88 valence electrons. The van der Waals surface area contributed by atoms with Gasteiger partial charge in [0, 0.05) is 11.6 Å². The molecule has 0 bridgehead atoms. The van der Waals surface area contributed by atoms with E-state index in [-0.39, 0.29) is 0 Å². The minimum absolute atomic E-state index is 0.475. The van der Waals surface area contributed by atoms with Gasteiger partial charge in [-0.2, -0.15) is 0 Å². The number of hydrogen-bond acceptors (Lipinski definition) is 2. The second-order valence-corrected chi connectivity index (χ2v) is 5.27. The van der Waals surface area contributed by atoms with E-state index < -0.39 is 0 Å². The minimum atomic E-state index is 0.475. The van der Waals surface area contributed by atoms with Crippen molar-refractivity contribution < 1.29 is 0 Å². The van der Waals surface area contributed by atoms with E-state index in [1.165, 1.54) is 31.4 Å². The molecule has 1 aliphatic carbocycles. The molecule has 0 aliphatic heterocycles. The Morgan fingerprint density at radius 2 is 2.19 bits per heavy atom. The fourth-order valence-electron chi connectivity index (χ4n) is 2.38. The van der Waals surface area contributed by atoms with E-state index in [0.29, 0.717) is 11.8 Å². The van der Waals surface area contributed by atoms with Crippen molar-refractivity contribution >= 4 is 12.2 Å². The molecule has 1 heterocycles. The maximum absolute atomic E-state index is 5.26. The average molecular weight is 236 g/mol. The molecule has 1 aliphatic rings. The van der Waals surface area contributed by atoms with Crippen molar-refractivity contribution in [3.05, 3.63) is 22.2 Å². The molecule has 2 rings (SSSR count). The van der Waals surface area contributed by atoms with Crippen LogP contribution in [0.25, 0.3) is 0 Å². The molecule has 1 aromatic rings. The highest BCUT2D eigenvalue weighted by atomic mass is 32.1. The zero-order valence-corrected chi connectivity index (χ0v) is 10.9. The van der Waals surface area contributed by atoms with Gasteiger partial charge in [-0.25, -0.2) is 4.98 Å². The van der Waals surface area contributed by atoms with Gasteiger partial charge in [0.25, 0.3) is 0 Å². The summed E-state index contributed by atoms with van der Waals surface area (Å²) in [6.07, 6.45) is 6.41. The van der Waals surface area contributed by atoms with Crippen LogP contribution in [0, 0.1) is 4.64 Å². The van der Waals surface area contributed by atoms with Crippen LogP contribution in [0.1, 0.15) is 69.3 Å². The van der Waals surface area contributed by atoms with Crippen LogP contribution in [0.2, 0.25) is 0 Å². The van der Waals surface area contributed by atoms with Crippen molar-refractivity contribution in [1.29, 1.82) is 0 Å². The van der Waals surface area contributed by atoms with Crippen molar-refractivity contribution in [1.82, 2.24) is 9.97 Å². The van der Waals surface area contributed by atoms with Crippen molar-refractivity contribution in [2.75, 3.05) is 0 Å². The van der Waals surface area contributed by atoms with Gasteiger partial charge >= 0.3 is 0 Å². The molecule has 1 N–H and O–H groups in total. The van der Waals surface area contributed by atoms with Gasteiger partial charge in [0.05, 0.1) is 0 Å². The van der Waals surface area contributed by atoms with Gasteiger partial charge < -0.3 is 4.98 Å². The number of H-pyrrole nitrogens is 1. The van der Waals surface area contributed by atoms with Gasteiger partial charge in [-0.3, -0.25) is 0 Å². The monoisotopic (exact) mass is 236 g/mol. The second-order valence-electron chi connectivity index (χ2n) is 4.85. The molecule has 1 saturated carbocycles. The first-order chi connectivity index (χ1) is 7.70. The number of nitrogens with one attached hydrogen (secondary N) is 1. The Balaban J connectivity index is 2.31. The smallest absolute Gasteiger partial charge is 0.130 e. The lowest BCUT2D eigenvalue weighted by Gasteiger charge is -2.14. The predicted molar refractivity (Wildman–Crippen MR) is 69.3 cm³/mol. The molecule has 0 radical (unpaired) electrons. The minimum Gasteiger partial charge on any atom is -0.347 e. The van der Waals surface area contributed by atoms with Gasteiger partial charge in [0.1, 0.15) is 10.5 Å². The van der Waals surface area contributed by atoms with Gasteiger partial charge in [0.2, 0.25) is 0 Å². The zero-order valence-electron chi connectivity index (χ0n) is 10.1. The van der Waals surface area contributed by atoms with Crippen molar-refractivity contribution in [2.45, 2.75) is 57.8 Å². The molecule has 0 aromatic carbocycles. The summed E-state index contributed by atoms with van der Waals surface area (Å²) in [7, 11) is 0. The van der Waals surface area contributed by atoms with Crippen molar-refractivity contribution in [3.63, 3.8) is 0 Å². The maximum Gasteiger partial charge on any atom is 0.130 e. The fraction of sp³-hybridized carbons (Fsp3) is 0.692. The van der Waals surface area contributed by atoms with Crippen LogP contribution >= 0.6 is 12.2 Å². The van der Waals surface area contributed by atoms with Gasteiger partial charge in [-0.15, -0.1) is 0 Å². The Morgan fingerprint density at radius 1 is 1.50 bits per heavy atom. The Kier molecular flexibility index (Phi) is 3.74. The highest BCUT2D eigenvalue weighted by molar-refractivity contribution is 7.71. The second kappa shape index (κ2) is 5.09. The van der Waals surface area contributed by atoms with E-state index >= 15 is 0 Å². The molecule has 1 aromatic heterocycles. The standard InChI is InChI=1S/C13H20N2S/c1-3-9(2)13-14-11(8-12(16)15-13)10-6-4-5-7-10/h8-10H,3-7H2,1-2H3,(H,14,15,16). The highest BCUT2D eigenvalue weighted by Gasteiger charge is 2.19. The van der Waals surface area contributed by atoms with E-state index in [1.54, 1.807) is 0 Å². The van der Waals surface area contributed by atoms with Crippen molar-refractivity contribution in [2.24, 2.45) is 0 Å². The molecular formula is C13H20N2S. The molecule has 1 fully saturated rings. The van der Waals surface area contributed by atoms with Gasteiger partial charge in [0.15, 0.2) is 0 Å². The molecule has 0 spiro atoms. The summed E-state index contributed by atoms with van der Waals surface area (Å²) in [4.78, 5) is 7.94. The van der Waals surface area contributed by atoms with Crippen LogP contribution in [0.15, 0.2) is 6.07 Å². The maximum atomic E-state index is 5.26. The third kappa shape index (κ3) is 2.51. The van der Waals surface area contributed by atoms with Crippen molar-refractivity contribution in [3.8, 4) is 0 Å². The summed E-state index contributed by atoms with van der Waals surface area (Å²) in [6.45, 7) is 4.39. The fourth-order valence-corrected chi connectivity index (χ4v) is 2.60. The van der Waals surface area contributed by atoms with E-state index in [9.17, 15) is 0 Å². The summed E-state index contributed by atoms with van der Waals surface area (Å²) in [5.41, 5.74) is 1.31. The third-order valence-electron chi connectivity index (χ3n) is 3.66. The van der Waals surface area contributed by atoms with Crippen LogP contribution in [0.5, 0.6) is 0 Å². The molecule has 0 amide bonds. The Labute approximate surface area is 103 Å². The zero-order chi connectivity index (χ0) is 11.5. The quantitative estimate of drug-likeness (QED) is 0.792. The van der Waals surface area contributed by atoms with Crippen LogP contribution in [-0.2, 0) is 0 Å². The lowest BCUT2D eigenvalue weighted by atomic mass is 10.0. The number of nitrogens with zero attached hydrogens (tertiary/aromatic N) is 1. The Bertz CT molecular complexity index is 405. The molecule has 3 heteroatoms. The summed E-state index contributed by atoms with van der Waals surface area (Å²) in [6, 6.07) is 2.05. The normalized spacial score (nSPS) is 18.9. The summed E-state index contributed by atoms with van der Waals surface area (Å²) in [5, 5.41) is 0. The van der Waals surface area contributed by atoms with Gasteiger partial charge in [-0.1, -0.05) is 38.9 Å². The predicted octanol–water partition coefficient (Wildman–Crippen LogP) is 4.31. The lowest BCUT2D eigenvalue weighted by molar-refractivity contribution is 0.638. The van der Waals surface area contributed by atoms with Crippen LogP contribution in [-0.4, -0.2) is 9.97 Å². The molecule has 2 nitrogen and oxygen atoms in total. The van der Waals surface area contributed by atoms with E-state index in [2.05, 4.69) is 29.9 Å². The molecule has 16 heavy (non-hydrogen) atoms. The summed E-state index contributed by atoms with van der Waals surface area (Å²) >= 11 is 5.26. The van der Waals surface area contributed by atoms with E-state index in [4.69, 9.17) is 12.2 Å². The number of hydrogen-bond donors (Lipinski definition) is 1. The summed E-state index contributed by atoms with van der Waals surface area (Å²) in [5.74, 6) is 2.23. The summed E-state index contributed by atoms with van der Waals surface area (Å²) < 4.78 is 0.746. The first-order valence-corrected chi connectivity index (χ1v) is 6.72. The van der Waals surface area contributed by atoms with E-state index in [0.717, 1.165) is 16.9 Å². The molecule has 0 saturated heterocycles. The largest absolute Gasteiger partial charge is 0.347 e. The number of aromatic amines is 1. The first-order valence-electron chi connectivity index (χ1n) is 6.32. The molecule has 1 atom stereocenters. The van der Waals surface area contributed by atoms with Crippen LogP contribution < -0.4 is 0 Å². The number of rotatable bonds is 3. The van der Waals surface area contributed by atoms with Crippen LogP contribution in [0.4, 0.5) is 0 Å². The highest BCUT2D eigenvalue weighted by Crippen LogP contribution is 2.33. The Hall–Kier alpha value is -0.700. The Morgan fingerprint density at radius 3 is 2.81 bits per heavy atom. The van der Waals surface area contributed by atoms with E-state index in [1.807, 2.05) is 0 Å². The van der Waals surface area contributed by atoms with Crippen LogP contribution in [0.3, 0.4) is 0 Å². The SMILES string of the molecule is CCC(C)c1nc(=S)cc(C2CCCC2)[nH]1. The lowest BCUT2D eigenvalue weighted by Crippen LogP contribution is -2.05.